The molecule has 148 valence electrons. The van der Waals surface area contributed by atoms with Gasteiger partial charge >= 0.3 is 0 Å². The lowest BCUT2D eigenvalue weighted by atomic mass is 10.0. The molecule has 1 aromatic rings. The lowest BCUT2D eigenvalue weighted by Gasteiger charge is -2.26. The predicted molar refractivity (Wildman–Crippen MR) is 107 cm³/mol. The minimum Gasteiger partial charge on any atom is -0.494 e. The van der Waals surface area contributed by atoms with Crippen molar-refractivity contribution in [2.75, 3.05) is 32.8 Å². The molecule has 1 heterocycles. The van der Waals surface area contributed by atoms with Crippen LogP contribution in [0.3, 0.4) is 0 Å². The van der Waals surface area contributed by atoms with Gasteiger partial charge in [0, 0.05) is 13.1 Å². The van der Waals surface area contributed by atoms with Crippen molar-refractivity contribution in [1.82, 2.24) is 9.62 Å². The van der Waals surface area contributed by atoms with Crippen LogP contribution in [0.15, 0.2) is 24.3 Å². The summed E-state index contributed by atoms with van der Waals surface area (Å²) < 4.78 is 32.2. The van der Waals surface area contributed by atoms with E-state index < -0.39 is 15.3 Å². The molecule has 1 saturated heterocycles. The van der Waals surface area contributed by atoms with Crippen LogP contribution in [-0.2, 0) is 10.0 Å². The normalized spacial score (nSPS) is 17.4. The third-order valence-corrected chi connectivity index (χ3v) is 6.81. The van der Waals surface area contributed by atoms with Crippen molar-refractivity contribution in [3.8, 4) is 5.75 Å². The van der Waals surface area contributed by atoms with Crippen LogP contribution < -0.4 is 9.46 Å². The molecule has 1 aliphatic heterocycles. The molecule has 0 aliphatic carbocycles. The van der Waals surface area contributed by atoms with Crippen LogP contribution >= 0.6 is 0 Å². The zero-order chi connectivity index (χ0) is 19.0. The van der Waals surface area contributed by atoms with Crippen LogP contribution in [0.25, 0.3) is 0 Å². The second kappa shape index (κ2) is 10.3. The highest BCUT2D eigenvalue weighted by molar-refractivity contribution is 7.90. The summed E-state index contributed by atoms with van der Waals surface area (Å²) in [6, 6.07) is 8.00. The summed E-state index contributed by atoms with van der Waals surface area (Å²) in [5, 5.41) is -0.407. The third-order valence-electron chi connectivity index (χ3n) is 5.00. The van der Waals surface area contributed by atoms with E-state index in [1.807, 2.05) is 31.2 Å². The first-order chi connectivity index (χ1) is 12.4. The Morgan fingerprint density at radius 1 is 1.08 bits per heavy atom. The molecule has 2 rings (SSSR count). The number of nitrogens with zero attached hydrogens (tertiary/aromatic N) is 1. The molecule has 0 bridgehead atoms. The van der Waals surface area contributed by atoms with Gasteiger partial charge in [-0.25, -0.2) is 13.1 Å². The van der Waals surface area contributed by atoms with Crippen molar-refractivity contribution in [3.63, 3.8) is 0 Å². The quantitative estimate of drug-likeness (QED) is 0.630. The van der Waals surface area contributed by atoms with Crippen molar-refractivity contribution in [2.45, 2.75) is 57.6 Å². The average Bonchev–Trinajstić information content (AvgIpc) is 2.64. The SMILES string of the molecule is CC(CNS(=O)(=O)C(C)C)c1ccc(OCCCN2CCCCC2)cc1. The number of benzene rings is 1. The molecule has 0 amide bonds. The van der Waals surface area contributed by atoms with E-state index in [0.29, 0.717) is 6.54 Å². The number of sulfonamides is 1. The molecule has 5 nitrogen and oxygen atoms in total. The first-order valence-electron chi connectivity index (χ1n) is 9.82. The van der Waals surface area contributed by atoms with Gasteiger partial charge in [0.1, 0.15) is 5.75 Å². The second-order valence-electron chi connectivity index (χ2n) is 7.52. The maximum Gasteiger partial charge on any atom is 0.213 e. The van der Waals surface area contributed by atoms with Gasteiger partial charge in [-0.1, -0.05) is 25.5 Å². The van der Waals surface area contributed by atoms with Gasteiger partial charge in [0.2, 0.25) is 10.0 Å². The first kappa shape index (κ1) is 21.2. The maximum atomic E-state index is 11.8. The highest BCUT2D eigenvalue weighted by Gasteiger charge is 2.17. The molecule has 1 fully saturated rings. The molecule has 26 heavy (non-hydrogen) atoms. The molecule has 0 saturated carbocycles. The predicted octanol–water partition coefficient (Wildman–Crippen LogP) is 3.37. The summed E-state index contributed by atoms with van der Waals surface area (Å²) in [4.78, 5) is 2.52. The highest BCUT2D eigenvalue weighted by atomic mass is 32.2. The van der Waals surface area contributed by atoms with Gasteiger partial charge in [-0.3, -0.25) is 0 Å². The molecule has 1 N–H and O–H groups in total. The molecule has 1 unspecified atom stereocenters. The number of likely N-dealkylation sites (tertiary alicyclic amines) is 1. The van der Waals surface area contributed by atoms with Crippen molar-refractivity contribution in [3.05, 3.63) is 29.8 Å². The Balaban J connectivity index is 1.71. The van der Waals surface area contributed by atoms with Gasteiger partial charge in [0.05, 0.1) is 11.9 Å². The van der Waals surface area contributed by atoms with Crippen LogP contribution in [0.4, 0.5) is 0 Å². The zero-order valence-corrected chi connectivity index (χ0v) is 17.2. The van der Waals surface area contributed by atoms with Crippen molar-refractivity contribution in [2.24, 2.45) is 0 Å². The molecular formula is C20H34N2O3S. The topological polar surface area (TPSA) is 58.6 Å². The van der Waals surface area contributed by atoms with E-state index in [1.54, 1.807) is 13.8 Å². The number of piperidine rings is 1. The van der Waals surface area contributed by atoms with E-state index in [-0.39, 0.29) is 5.92 Å². The Morgan fingerprint density at radius 2 is 1.73 bits per heavy atom. The molecule has 1 aliphatic rings. The molecule has 1 atom stereocenters. The van der Waals surface area contributed by atoms with E-state index in [4.69, 9.17) is 4.74 Å². The monoisotopic (exact) mass is 382 g/mol. The third kappa shape index (κ3) is 6.89. The largest absolute Gasteiger partial charge is 0.494 e. The van der Waals surface area contributed by atoms with Crippen LogP contribution in [0, 0.1) is 0 Å². The molecular weight excluding hydrogens is 348 g/mol. The van der Waals surface area contributed by atoms with E-state index in [1.165, 1.54) is 32.4 Å². The van der Waals surface area contributed by atoms with Gasteiger partial charge < -0.3 is 9.64 Å². The number of hydrogen-bond donors (Lipinski definition) is 1. The molecule has 0 radical (unpaired) electrons. The van der Waals surface area contributed by atoms with Crippen LogP contribution in [0.2, 0.25) is 0 Å². The first-order valence-corrected chi connectivity index (χ1v) is 11.4. The van der Waals surface area contributed by atoms with Gasteiger partial charge in [0.25, 0.3) is 0 Å². The number of nitrogens with one attached hydrogen (secondary N) is 1. The Bertz CT molecular complexity index is 623. The number of rotatable bonds is 10. The van der Waals surface area contributed by atoms with Gasteiger partial charge in [0.15, 0.2) is 0 Å². The number of hydrogen-bond acceptors (Lipinski definition) is 4. The summed E-state index contributed by atoms with van der Waals surface area (Å²) in [5.74, 6) is 0.999. The highest BCUT2D eigenvalue weighted by Crippen LogP contribution is 2.19. The lowest BCUT2D eigenvalue weighted by molar-refractivity contribution is 0.205. The fourth-order valence-electron chi connectivity index (χ4n) is 3.08. The van der Waals surface area contributed by atoms with Gasteiger partial charge in [-0.2, -0.15) is 0 Å². The molecule has 1 aromatic carbocycles. The smallest absolute Gasteiger partial charge is 0.213 e. The number of ether oxygens (including phenoxy) is 1. The molecule has 6 heteroatoms. The summed E-state index contributed by atoms with van der Waals surface area (Å²) >= 11 is 0. The second-order valence-corrected chi connectivity index (χ2v) is 9.84. The fraction of sp³-hybridized carbons (Fsp3) is 0.700. The Kier molecular flexibility index (Phi) is 8.38. The summed E-state index contributed by atoms with van der Waals surface area (Å²) in [6.45, 7) is 10.1. The Hall–Kier alpha value is -1.11. The van der Waals surface area contributed by atoms with Crippen molar-refractivity contribution in [1.29, 1.82) is 0 Å². The molecule has 0 aromatic heterocycles. The van der Waals surface area contributed by atoms with Crippen molar-refractivity contribution >= 4 is 10.0 Å². The van der Waals surface area contributed by atoms with E-state index in [9.17, 15) is 8.42 Å². The Labute approximate surface area is 159 Å². The van der Waals surface area contributed by atoms with Crippen molar-refractivity contribution < 1.29 is 13.2 Å². The maximum absolute atomic E-state index is 11.8. The summed E-state index contributed by atoms with van der Waals surface area (Å²) in [7, 11) is -3.21. The molecule has 0 spiro atoms. The zero-order valence-electron chi connectivity index (χ0n) is 16.4. The minimum atomic E-state index is -3.21. The average molecular weight is 383 g/mol. The van der Waals surface area contributed by atoms with E-state index in [2.05, 4.69) is 9.62 Å². The Morgan fingerprint density at radius 3 is 2.35 bits per heavy atom. The van der Waals surface area contributed by atoms with E-state index in [0.717, 1.165) is 30.9 Å². The van der Waals surface area contributed by atoms with Crippen LogP contribution in [-0.4, -0.2) is 51.4 Å². The lowest BCUT2D eigenvalue weighted by Crippen LogP contribution is -2.33. The summed E-state index contributed by atoms with van der Waals surface area (Å²) in [5.41, 5.74) is 1.11. The van der Waals surface area contributed by atoms with Gasteiger partial charge in [-0.05, 0) is 69.8 Å². The van der Waals surface area contributed by atoms with E-state index >= 15 is 0 Å². The standard InChI is InChI=1S/C20H34N2O3S/c1-17(2)26(23,24)21-16-18(3)19-8-10-20(11-9-19)25-15-7-14-22-12-5-4-6-13-22/h8-11,17-18,21H,4-7,12-16H2,1-3H3. The minimum absolute atomic E-state index is 0.122. The van der Waals surface area contributed by atoms with Crippen LogP contribution in [0.1, 0.15) is 57.9 Å². The summed E-state index contributed by atoms with van der Waals surface area (Å²) in [6.07, 6.45) is 5.08. The van der Waals surface area contributed by atoms with Gasteiger partial charge in [-0.15, -0.1) is 0 Å². The fourth-order valence-corrected chi connectivity index (χ4v) is 3.90. The van der Waals surface area contributed by atoms with Crippen LogP contribution in [0.5, 0.6) is 5.75 Å².